The lowest BCUT2D eigenvalue weighted by Gasteiger charge is -2.34. The van der Waals surface area contributed by atoms with Crippen LogP contribution in [0.2, 0.25) is 5.02 Å². The second-order valence-corrected chi connectivity index (χ2v) is 6.32. The largest absolute Gasteiger partial charge is 0.455 e. The van der Waals surface area contributed by atoms with Crippen molar-refractivity contribution in [1.29, 1.82) is 0 Å². The van der Waals surface area contributed by atoms with E-state index < -0.39 is 5.97 Å². The average Bonchev–Trinajstić information content (AvgIpc) is 2.69. The number of ether oxygens (including phenoxy) is 1. The van der Waals surface area contributed by atoms with Crippen molar-refractivity contribution in [1.82, 2.24) is 14.9 Å². The molecule has 1 aromatic heterocycles. The first-order valence-corrected chi connectivity index (χ1v) is 8.69. The zero-order valence-electron chi connectivity index (χ0n) is 14.2. The van der Waals surface area contributed by atoms with Gasteiger partial charge in [-0.3, -0.25) is 9.59 Å². The van der Waals surface area contributed by atoms with Crippen LogP contribution in [0.3, 0.4) is 0 Å². The van der Waals surface area contributed by atoms with Crippen molar-refractivity contribution in [3.8, 4) is 0 Å². The van der Waals surface area contributed by atoms with Gasteiger partial charge in [0.15, 0.2) is 6.61 Å². The number of benzene rings is 1. The molecule has 1 amide bonds. The summed E-state index contributed by atoms with van der Waals surface area (Å²) in [5, 5.41) is 0.609. The molecule has 1 saturated heterocycles. The molecule has 1 aliphatic rings. The molecular formula is C18H19ClN4O3. The van der Waals surface area contributed by atoms with E-state index >= 15 is 0 Å². The zero-order chi connectivity index (χ0) is 18.4. The SMILES string of the molecule is O=C(Cc1ccc(Cl)cc1)OCC(=O)N1CCN(c2ncccn2)CC1. The summed E-state index contributed by atoms with van der Waals surface area (Å²) < 4.78 is 5.10. The Balaban J connectivity index is 1.41. The maximum Gasteiger partial charge on any atom is 0.310 e. The number of hydrogen-bond donors (Lipinski definition) is 0. The molecule has 0 spiro atoms. The van der Waals surface area contributed by atoms with Crippen molar-refractivity contribution in [2.75, 3.05) is 37.7 Å². The van der Waals surface area contributed by atoms with Gasteiger partial charge < -0.3 is 14.5 Å². The number of nitrogens with zero attached hydrogens (tertiary/aromatic N) is 4. The number of carbonyl (C=O) groups excluding carboxylic acids is 2. The van der Waals surface area contributed by atoms with Crippen molar-refractivity contribution < 1.29 is 14.3 Å². The van der Waals surface area contributed by atoms with Gasteiger partial charge in [0.05, 0.1) is 6.42 Å². The number of piperazine rings is 1. The number of halogens is 1. The molecular weight excluding hydrogens is 356 g/mol. The Kier molecular flexibility index (Phi) is 6.01. The minimum absolute atomic E-state index is 0.115. The fourth-order valence-electron chi connectivity index (χ4n) is 2.66. The third-order valence-corrected chi connectivity index (χ3v) is 4.34. The lowest BCUT2D eigenvalue weighted by Crippen LogP contribution is -2.50. The number of esters is 1. The first-order chi connectivity index (χ1) is 12.6. The number of aromatic nitrogens is 2. The molecule has 0 aliphatic carbocycles. The molecule has 3 rings (SSSR count). The summed E-state index contributed by atoms with van der Waals surface area (Å²) in [6.07, 6.45) is 3.50. The van der Waals surface area contributed by atoms with Gasteiger partial charge in [0.2, 0.25) is 5.95 Å². The normalized spacial score (nSPS) is 14.2. The second-order valence-electron chi connectivity index (χ2n) is 5.88. The molecule has 0 bridgehead atoms. The molecule has 1 fully saturated rings. The lowest BCUT2D eigenvalue weighted by atomic mass is 10.1. The summed E-state index contributed by atoms with van der Waals surface area (Å²) in [5.74, 6) is 0.0362. The minimum Gasteiger partial charge on any atom is -0.455 e. The fourth-order valence-corrected chi connectivity index (χ4v) is 2.79. The van der Waals surface area contributed by atoms with Gasteiger partial charge in [0.1, 0.15) is 0 Å². The van der Waals surface area contributed by atoms with Crippen LogP contribution in [0.1, 0.15) is 5.56 Å². The van der Waals surface area contributed by atoms with Crippen molar-refractivity contribution >= 4 is 29.4 Å². The van der Waals surface area contributed by atoms with Crippen molar-refractivity contribution in [3.63, 3.8) is 0 Å². The Hall–Kier alpha value is -2.67. The van der Waals surface area contributed by atoms with Crippen LogP contribution in [-0.4, -0.2) is 59.5 Å². The highest BCUT2D eigenvalue weighted by atomic mass is 35.5. The van der Waals surface area contributed by atoms with Gasteiger partial charge in [-0.25, -0.2) is 9.97 Å². The topological polar surface area (TPSA) is 75.6 Å². The maximum absolute atomic E-state index is 12.2. The van der Waals surface area contributed by atoms with Crippen LogP contribution < -0.4 is 4.90 Å². The van der Waals surface area contributed by atoms with Gasteiger partial charge in [-0.2, -0.15) is 0 Å². The first kappa shape index (κ1) is 18.1. The van der Waals surface area contributed by atoms with E-state index in [0.717, 1.165) is 5.56 Å². The van der Waals surface area contributed by atoms with Gasteiger partial charge in [0.25, 0.3) is 5.91 Å². The molecule has 2 heterocycles. The van der Waals surface area contributed by atoms with E-state index in [4.69, 9.17) is 16.3 Å². The molecule has 0 radical (unpaired) electrons. The molecule has 0 saturated carbocycles. The van der Waals surface area contributed by atoms with Crippen LogP contribution >= 0.6 is 11.6 Å². The Morgan fingerprint density at radius 3 is 2.35 bits per heavy atom. The van der Waals surface area contributed by atoms with Crippen molar-refractivity contribution in [2.24, 2.45) is 0 Å². The Morgan fingerprint density at radius 1 is 1.04 bits per heavy atom. The molecule has 1 aromatic carbocycles. The molecule has 8 heteroatoms. The van der Waals surface area contributed by atoms with Crippen LogP contribution in [0.4, 0.5) is 5.95 Å². The summed E-state index contributed by atoms with van der Waals surface area (Å²) in [7, 11) is 0. The summed E-state index contributed by atoms with van der Waals surface area (Å²) in [6.45, 7) is 2.15. The number of anilines is 1. The Morgan fingerprint density at radius 2 is 1.69 bits per heavy atom. The summed E-state index contributed by atoms with van der Waals surface area (Å²) in [4.78, 5) is 36.2. The van der Waals surface area contributed by atoms with Crippen LogP contribution in [0.5, 0.6) is 0 Å². The highest BCUT2D eigenvalue weighted by Gasteiger charge is 2.23. The van der Waals surface area contributed by atoms with Gasteiger partial charge in [-0.15, -0.1) is 0 Å². The third-order valence-electron chi connectivity index (χ3n) is 4.09. The van der Waals surface area contributed by atoms with Gasteiger partial charge >= 0.3 is 5.97 Å². The minimum atomic E-state index is -0.433. The molecule has 2 aromatic rings. The average molecular weight is 375 g/mol. The fraction of sp³-hybridized carbons (Fsp3) is 0.333. The van der Waals surface area contributed by atoms with E-state index in [9.17, 15) is 9.59 Å². The van der Waals surface area contributed by atoms with Gasteiger partial charge in [-0.1, -0.05) is 23.7 Å². The maximum atomic E-state index is 12.2. The zero-order valence-corrected chi connectivity index (χ0v) is 14.9. The van der Waals surface area contributed by atoms with E-state index in [2.05, 4.69) is 9.97 Å². The van der Waals surface area contributed by atoms with Crippen LogP contribution in [0.25, 0.3) is 0 Å². The predicted octanol–water partition coefficient (Wildman–Crippen LogP) is 1.56. The molecule has 0 unspecified atom stereocenters. The quantitative estimate of drug-likeness (QED) is 0.739. The molecule has 136 valence electrons. The molecule has 0 atom stereocenters. The number of carbonyl (C=O) groups is 2. The smallest absolute Gasteiger partial charge is 0.310 e. The second kappa shape index (κ2) is 8.62. The standard InChI is InChI=1S/C18H19ClN4O3/c19-15-4-2-14(3-5-15)12-17(25)26-13-16(24)22-8-10-23(11-9-22)18-20-6-1-7-21-18/h1-7H,8-13H2. The highest BCUT2D eigenvalue weighted by molar-refractivity contribution is 6.30. The van der Waals surface area contributed by atoms with E-state index in [0.29, 0.717) is 37.1 Å². The molecule has 7 nitrogen and oxygen atoms in total. The molecule has 0 N–H and O–H groups in total. The third kappa shape index (κ3) is 4.92. The summed E-state index contributed by atoms with van der Waals surface area (Å²) >= 11 is 5.81. The summed E-state index contributed by atoms with van der Waals surface area (Å²) in [6, 6.07) is 8.71. The van der Waals surface area contributed by atoms with Gasteiger partial charge in [0, 0.05) is 43.6 Å². The van der Waals surface area contributed by atoms with E-state index in [1.165, 1.54) is 0 Å². The van der Waals surface area contributed by atoms with Gasteiger partial charge in [-0.05, 0) is 23.8 Å². The Bertz CT molecular complexity index is 747. The van der Waals surface area contributed by atoms with Crippen LogP contribution in [-0.2, 0) is 20.7 Å². The van der Waals surface area contributed by atoms with Crippen LogP contribution in [0, 0.1) is 0 Å². The monoisotopic (exact) mass is 374 g/mol. The Labute approximate surface area is 156 Å². The van der Waals surface area contributed by atoms with Crippen molar-refractivity contribution in [3.05, 3.63) is 53.3 Å². The first-order valence-electron chi connectivity index (χ1n) is 8.31. The van der Waals surface area contributed by atoms with E-state index in [1.807, 2.05) is 4.90 Å². The number of rotatable bonds is 5. The lowest BCUT2D eigenvalue weighted by molar-refractivity contribution is -0.151. The number of amides is 1. The highest BCUT2D eigenvalue weighted by Crippen LogP contribution is 2.11. The number of hydrogen-bond acceptors (Lipinski definition) is 6. The molecule has 1 aliphatic heterocycles. The summed E-state index contributed by atoms with van der Waals surface area (Å²) in [5.41, 5.74) is 0.795. The predicted molar refractivity (Wildman–Crippen MR) is 96.9 cm³/mol. The van der Waals surface area contributed by atoms with Crippen molar-refractivity contribution in [2.45, 2.75) is 6.42 Å². The van der Waals surface area contributed by atoms with Crippen LogP contribution in [0.15, 0.2) is 42.7 Å². The van der Waals surface area contributed by atoms with E-state index in [-0.39, 0.29) is 18.9 Å². The van der Waals surface area contributed by atoms with E-state index in [1.54, 1.807) is 47.6 Å². The molecule has 26 heavy (non-hydrogen) atoms.